The highest BCUT2D eigenvalue weighted by atomic mass is 79.9. The molecule has 11 heteroatoms. The highest BCUT2D eigenvalue weighted by Gasteiger charge is 2.36. The third-order valence-corrected chi connectivity index (χ3v) is 6.11. The Labute approximate surface area is 223 Å². The molecule has 1 aliphatic rings. The normalized spacial score (nSPS) is 14.6. The molecule has 0 spiro atoms. The second-order valence-electron chi connectivity index (χ2n) is 7.44. The first-order chi connectivity index (χ1) is 17.2. The Kier molecular flexibility index (Phi) is 7.73. The monoisotopic (exact) mass is 587 g/mol. The van der Waals surface area contributed by atoms with E-state index in [-0.39, 0.29) is 23.0 Å². The molecule has 8 nitrogen and oxygen atoms in total. The standard InChI is InChI=1S/C25H16BrCl2N3O5/c26-15-6-8-16(9-7-15)31-24(34)17(23(33)30-25(31)35)11-14-5-10-21(19(28)12-14)36-13-22(32)29-20-4-2-1-3-18(20)27/h1-12H,13H2,(H,29,32)(H,30,33,35)/b17-11+. The van der Waals surface area contributed by atoms with Crippen molar-refractivity contribution in [2.24, 2.45) is 0 Å². The van der Waals surface area contributed by atoms with Gasteiger partial charge in [-0.05, 0) is 60.2 Å². The van der Waals surface area contributed by atoms with Gasteiger partial charge < -0.3 is 10.1 Å². The number of ether oxygens (including phenoxy) is 1. The van der Waals surface area contributed by atoms with Gasteiger partial charge in [-0.3, -0.25) is 19.7 Å². The Morgan fingerprint density at radius 2 is 1.72 bits per heavy atom. The lowest BCUT2D eigenvalue weighted by atomic mass is 10.1. The summed E-state index contributed by atoms with van der Waals surface area (Å²) in [4.78, 5) is 50.7. The zero-order valence-corrected chi connectivity index (χ0v) is 21.4. The molecule has 5 amide bonds. The molecule has 1 heterocycles. The third-order valence-electron chi connectivity index (χ3n) is 4.96. The maximum Gasteiger partial charge on any atom is 0.335 e. The molecule has 0 aromatic heterocycles. The average molecular weight is 589 g/mol. The first-order valence-electron chi connectivity index (χ1n) is 10.4. The molecule has 0 aliphatic carbocycles. The second kappa shape index (κ2) is 10.9. The highest BCUT2D eigenvalue weighted by molar-refractivity contribution is 9.10. The summed E-state index contributed by atoms with van der Waals surface area (Å²) in [5, 5.41) is 5.34. The van der Waals surface area contributed by atoms with Crippen LogP contribution in [-0.2, 0) is 14.4 Å². The minimum Gasteiger partial charge on any atom is -0.482 e. The average Bonchev–Trinajstić information content (AvgIpc) is 2.84. The van der Waals surface area contributed by atoms with Gasteiger partial charge in [0.1, 0.15) is 11.3 Å². The molecule has 4 rings (SSSR count). The van der Waals surface area contributed by atoms with Gasteiger partial charge in [-0.25, -0.2) is 9.69 Å². The molecule has 0 atom stereocenters. The third kappa shape index (κ3) is 5.76. The predicted molar refractivity (Wildman–Crippen MR) is 140 cm³/mol. The van der Waals surface area contributed by atoms with Gasteiger partial charge >= 0.3 is 6.03 Å². The van der Waals surface area contributed by atoms with Gasteiger partial charge in [0.25, 0.3) is 17.7 Å². The zero-order valence-electron chi connectivity index (χ0n) is 18.3. The van der Waals surface area contributed by atoms with Gasteiger partial charge in [-0.1, -0.05) is 57.3 Å². The first-order valence-corrected chi connectivity index (χ1v) is 11.9. The van der Waals surface area contributed by atoms with E-state index in [1.165, 1.54) is 18.2 Å². The minimum absolute atomic E-state index is 0.152. The Morgan fingerprint density at radius 1 is 1.00 bits per heavy atom. The van der Waals surface area contributed by atoms with Gasteiger partial charge in [0.2, 0.25) is 0 Å². The van der Waals surface area contributed by atoms with E-state index in [2.05, 4.69) is 26.6 Å². The van der Waals surface area contributed by atoms with Crippen LogP contribution < -0.4 is 20.3 Å². The number of urea groups is 1. The summed E-state index contributed by atoms with van der Waals surface area (Å²) in [6.45, 7) is -0.323. The van der Waals surface area contributed by atoms with Crippen molar-refractivity contribution >= 4 is 80.3 Å². The van der Waals surface area contributed by atoms with E-state index < -0.39 is 23.8 Å². The number of amides is 5. The number of rotatable bonds is 6. The lowest BCUT2D eigenvalue weighted by Crippen LogP contribution is -2.54. The Balaban J connectivity index is 1.48. The number of hydrogen-bond donors (Lipinski definition) is 2. The van der Waals surface area contributed by atoms with E-state index >= 15 is 0 Å². The number of benzene rings is 3. The topological polar surface area (TPSA) is 105 Å². The van der Waals surface area contributed by atoms with Crippen molar-refractivity contribution in [2.75, 3.05) is 16.8 Å². The van der Waals surface area contributed by atoms with Gasteiger partial charge in [0.05, 0.1) is 21.4 Å². The van der Waals surface area contributed by atoms with Gasteiger partial charge in [0.15, 0.2) is 6.61 Å². The summed E-state index contributed by atoms with van der Waals surface area (Å²) >= 11 is 15.6. The van der Waals surface area contributed by atoms with Crippen molar-refractivity contribution in [3.05, 3.63) is 92.4 Å². The van der Waals surface area contributed by atoms with E-state index in [9.17, 15) is 19.2 Å². The van der Waals surface area contributed by atoms with E-state index in [0.29, 0.717) is 22.0 Å². The van der Waals surface area contributed by atoms with E-state index in [4.69, 9.17) is 27.9 Å². The zero-order chi connectivity index (χ0) is 25.8. The molecule has 0 bridgehead atoms. The second-order valence-corrected chi connectivity index (χ2v) is 9.17. The summed E-state index contributed by atoms with van der Waals surface area (Å²) < 4.78 is 6.25. The fourth-order valence-corrected chi connectivity index (χ4v) is 3.96. The number of halogens is 3. The molecule has 2 N–H and O–H groups in total. The quantitative estimate of drug-likeness (QED) is 0.295. The maximum atomic E-state index is 13.0. The Bertz CT molecular complexity index is 1410. The molecule has 0 unspecified atom stereocenters. The predicted octanol–water partition coefficient (Wildman–Crippen LogP) is 5.44. The molecule has 182 valence electrons. The smallest absolute Gasteiger partial charge is 0.335 e. The Morgan fingerprint density at radius 3 is 2.42 bits per heavy atom. The van der Waals surface area contributed by atoms with Gasteiger partial charge in [0, 0.05) is 4.47 Å². The fourth-order valence-electron chi connectivity index (χ4n) is 3.26. The van der Waals surface area contributed by atoms with Crippen LogP contribution >= 0.6 is 39.1 Å². The lowest BCUT2D eigenvalue weighted by molar-refractivity contribution is -0.122. The number of anilines is 2. The summed E-state index contributed by atoms with van der Waals surface area (Å²) in [6.07, 6.45) is 1.32. The van der Waals surface area contributed by atoms with Gasteiger partial charge in [-0.15, -0.1) is 0 Å². The number of para-hydroxylation sites is 1. The van der Waals surface area contributed by atoms with Crippen LogP contribution in [0.2, 0.25) is 10.0 Å². The van der Waals surface area contributed by atoms with Crippen LogP contribution in [0.25, 0.3) is 6.08 Å². The van der Waals surface area contributed by atoms with Crippen LogP contribution in [0.15, 0.2) is 76.8 Å². The van der Waals surface area contributed by atoms with Crippen molar-refractivity contribution < 1.29 is 23.9 Å². The summed E-state index contributed by atoms with van der Waals surface area (Å²) in [6, 6.07) is 16.9. The van der Waals surface area contributed by atoms with Crippen LogP contribution in [0.3, 0.4) is 0 Å². The van der Waals surface area contributed by atoms with Crippen LogP contribution in [0.1, 0.15) is 5.56 Å². The van der Waals surface area contributed by atoms with Crippen LogP contribution in [0, 0.1) is 0 Å². The number of barbiturate groups is 1. The highest BCUT2D eigenvalue weighted by Crippen LogP contribution is 2.28. The van der Waals surface area contributed by atoms with Crippen molar-refractivity contribution in [1.82, 2.24) is 5.32 Å². The molecule has 3 aromatic rings. The van der Waals surface area contributed by atoms with E-state index in [1.54, 1.807) is 54.6 Å². The SMILES string of the molecule is O=C(COc1ccc(/C=C2\C(=O)NC(=O)N(c3ccc(Br)cc3)C2=O)cc1Cl)Nc1ccccc1Cl. The molecule has 0 saturated carbocycles. The molecule has 1 fully saturated rings. The first kappa shape index (κ1) is 25.4. The van der Waals surface area contributed by atoms with Crippen LogP contribution in [-0.4, -0.2) is 30.4 Å². The van der Waals surface area contributed by atoms with Gasteiger partial charge in [-0.2, -0.15) is 0 Å². The molecule has 1 saturated heterocycles. The largest absolute Gasteiger partial charge is 0.482 e. The number of carbonyl (C=O) groups excluding carboxylic acids is 4. The number of imide groups is 2. The summed E-state index contributed by atoms with van der Waals surface area (Å²) in [5.74, 6) is -1.82. The molecule has 36 heavy (non-hydrogen) atoms. The minimum atomic E-state index is -0.846. The lowest BCUT2D eigenvalue weighted by Gasteiger charge is -2.26. The molecular weight excluding hydrogens is 573 g/mol. The molecule has 0 radical (unpaired) electrons. The van der Waals surface area contributed by atoms with E-state index in [1.807, 2.05) is 0 Å². The van der Waals surface area contributed by atoms with Crippen molar-refractivity contribution in [2.45, 2.75) is 0 Å². The fraction of sp³-hybridized carbons (Fsp3) is 0.0400. The van der Waals surface area contributed by atoms with Crippen molar-refractivity contribution in [1.29, 1.82) is 0 Å². The van der Waals surface area contributed by atoms with Crippen LogP contribution in [0.5, 0.6) is 5.75 Å². The van der Waals surface area contributed by atoms with Crippen molar-refractivity contribution in [3.8, 4) is 5.75 Å². The van der Waals surface area contributed by atoms with Crippen molar-refractivity contribution in [3.63, 3.8) is 0 Å². The summed E-state index contributed by atoms with van der Waals surface area (Å²) in [5.41, 5.74) is 0.917. The molecule has 3 aromatic carbocycles. The van der Waals surface area contributed by atoms with Crippen LogP contribution in [0.4, 0.5) is 16.2 Å². The summed E-state index contributed by atoms with van der Waals surface area (Å²) in [7, 11) is 0. The molecule has 1 aliphatic heterocycles. The Hall–Kier alpha value is -3.66. The maximum absolute atomic E-state index is 13.0. The number of nitrogens with zero attached hydrogens (tertiary/aromatic N) is 1. The number of carbonyl (C=O) groups is 4. The van der Waals surface area contributed by atoms with E-state index in [0.717, 1.165) is 9.37 Å². The molecular formula is C25H16BrCl2N3O5. The number of hydrogen-bond acceptors (Lipinski definition) is 5. The number of nitrogens with one attached hydrogen (secondary N) is 2.